The molecule has 0 fully saturated rings. The summed E-state index contributed by atoms with van der Waals surface area (Å²) in [4.78, 5) is 5.76. The van der Waals surface area contributed by atoms with E-state index in [9.17, 15) is 0 Å². The molecule has 12 aromatic rings. The Balaban J connectivity index is 1.04. The Bertz CT molecular complexity index is 3830. The first-order valence-electron chi connectivity index (χ1n) is 22.2. The van der Waals surface area contributed by atoms with E-state index in [0.717, 1.165) is 51.7 Å². The minimum Gasteiger partial charge on any atom is -0.456 e. The number of hydrogen-bond acceptors (Lipinski definition) is 3. The highest BCUT2D eigenvalue weighted by atomic mass is 16.3. The molecular formula is C59H43N3O. The van der Waals surface area contributed by atoms with Crippen molar-refractivity contribution in [3.8, 4) is 5.69 Å². The number of para-hydroxylation sites is 2. The molecule has 3 heterocycles. The second-order valence-electron chi connectivity index (χ2n) is 17.5. The molecule has 4 nitrogen and oxygen atoms in total. The van der Waals surface area contributed by atoms with Crippen molar-refractivity contribution in [3.05, 3.63) is 211 Å². The van der Waals surface area contributed by atoms with Crippen LogP contribution >= 0.6 is 0 Å². The molecule has 0 saturated carbocycles. The Labute approximate surface area is 364 Å². The molecule has 4 heteroatoms. The van der Waals surface area contributed by atoms with E-state index in [1.54, 1.807) is 0 Å². The lowest BCUT2D eigenvalue weighted by molar-refractivity contribution is 0.328. The van der Waals surface area contributed by atoms with Crippen molar-refractivity contribution in [2.24, 2.45) is 10.9 Å². The van der Waals surface area contributed by atoms with Crippen LogP contribution in [0.5, 0.6) is 0 Å². The molecule has 0 radical (unpaired) electrons. The van der Waals surface area contributed by atoms with Gasteiger partial charge in [-0.15, -0.1) is 0 Å². The third-order valence-corrected chi connectivity index (χ3v) is 13.8. The van der Waals surface area contributed by atoms with Crippen molar-refractivity contribution < 1.29 is 4.42 Å². The Kier molecular flexibility index (Phi) is 8.19. The molecule has 0 amide bonds. The Hall–Kier alpha value is -7.53. The van der Waals surface area contributed by atoms with Gasteiger partial charge in [-0.3, -0.25) is 10.3 Å². The van der Waals surface area contributed by atoms with Gasteiger partial charge in [0.05, 0.1) is 22.1 Å². The number of rotatable bonds is 4. The van der Waals surface area contributed by atoms with Crippen LogP contribution in [0.25, 0.3) is 92.5 Å². The van der Waals surface area contributed by atoms with E-state index in [-0.39, 0.29) is 18.1 Å². The van der Waals surface area contributed by atoms with Gasteiger partial charge in [0.1, 0.15) is 17.3 Å². The standard InChI is InChI=1S/C59H43N3O/c1-36-25-30-51(47-22-12-17-37-13-4-7-19-45(37)47)60-59(42-28-29-46-41(31-42)27-26-38-14-5-6-18-44(38)46)61-58(36)43-34-54(57-49-21-9-11-24-55(49)63-56(57)35-43)62-52-23-10-8-20-48(52)50-32-39-15-2-3-16-40(39)33-53(50)62/h2-24,26-29,31-36,58-59,61H,25,30H2,1H3. The van der Waals surface area contributed by atoms with Crippen molar-refractivity contribution in [2.75, 3.05) is 0 Å². The summed E-state index contributed by atoms with van der Waals surface area (Å²) in [6.45, 7) is 2.41. The minimum atomic E-state index is -0.308. The number of nitrogens with zero attached hydrogens (tertiary/aromatic N) is 2. The lowest BCUT2D eigenvalue weighted by Crippen LogP contribution is -2.33. The van der Waals surface area contributed by atoms with Crippen LogP contribution in [0.2, 0.25) is 0 Å². The Morgan fingerprint density at radius 2 is 1.16 bits per heavy atom. The molecule has 10 aromatic carbocycles. The second-order valence-corrected chi connectivity index (χ2v) is 17.5. The highest BCUT2D eigenvalue weighted by molar-refractivity contribution is 6.17. The lowest BCUT2D eigenvalue weighted by Gasteiger charge is -2.33. The number of furan rings is 1. The fourth-order valence-corrected chi connectivity index (χ4v) is 10.7. The highest BCUT2D eigenvalue weighted by Gasteiger charge is 2.30. The van der Waals surface area contributed by atoms with Gasteiger partial charge in [0.2, 0.25) is 0 Å². The zero-order chi connectivity index (χ0) is 41.6. The number of nitrogens with one attached hydrogen (secondary N) is 1. The first kappa shape index (κ1) is 36.2. The number of hydrogen-bond donors (Lipinski definition) is 1. The van der Waals surface area contributed by atoms with E-state index < -0.39 is 0 Å². The summed E-state index contributed by atoms with van der Waals surface area (Å²) in [6, 6.07) is 70.9. The molecule has 2 aromatic heterocycles. The first-order valence-corrected chi connectivity index (χ1v) is 22.2. The third-order valence-electron chi connectivity index (χ3n) is 13.8. The Morgan fingerprint density at radius 3 is 2.02 bits per heavy atom. The number of aromatic nitrogens is 1. The van der Waals surface area contributed by atoms with Crippen LogP contribution in [0.4, 0.5) is 0 Å². The molecule has 1 aliphatic rings. The van der Waals surface area contributed by atoms with E-state index in [4.69, 9.17) is 9.41 Å². The number of aliphatic imine (C=N–C) groups is 1. The molecule has 0 saturated heterocycles. The lowest BCUT2D eigenvalue weighted by atomic mass is 9.86. The second kappa shape index (κ2) is 14.3. The fourth-order valence-electron chi connectivity index (χ4n) is 10.7. The largest absolute Gasteiger partial charge is 0.456 e. The predicted octanol–water partition coefficient (Wildman–Crippen LogP) is 15.5. The van der Waals surface area contributed by atoms with Crippen LogP contribution in [0, 0.1) is 5.92 Å². The van der Waals surface area contributed by atoms with Crippen LogP contribution in [-0.2, 0) is 0 Å². The van der Waals surface area contributed by atoms with Crippen LogP contribution in [0.3, 0.4) is 0 Å². The summed E-state index contributed by atoms with van der Waals surface area (Å²) < 4.78 is 9.34. The Morgan fingerprint density at radius 1 is 0.492 bits per heavy atom. The number of benzene rings is 10. The molecule has 0 aliphatic carbocycles. The van der Waals surface area contributed by atoms with Gasteiger partial charge in [0.25, 0.3) is 0 Å². The predicted molar refractivity (Wildman–Crippen MR) is 265 cm³/mol. The molecule has 3 atom stereocenters. The summed E-state index contributed by atoms with van der Waals surface area (Å²) in [7, 11) is 0. The summed E-state index contributed by atoms with van der Waals surface area (Å²) >= 11 is 0. The van der Waals surface area contributed by atoms with Crippen LogP contribution in [0.1, 0.15) is 48.7 Å². The highest BCUT2D eigenvalue weighted by Crippen LogP contribution is 2.43. The average molecular weight is 810 g/mol. The monoisotopic (exact) mass is 809 g/mol. The SMILES string of the molecule is CC1CCC(c2cccc3ccccc23)=NC(c2ccc3c(ccc4ccccc43)c2)NC1c1cc(-n2c3ccccc3c3cc4ccccc4cc32)c2c(c1)oc1ccccc12. The summed E-state index contributed by atoms with van der Waals surface area (Å²) in [5, 5.41) is 18.9. The summed E-state index contributed by atoms with van der Waals surface area (Å²) in [5.41, 5.74) is 9.95. The molecule has 0 spiro atoms. The zero-order valence-electron chi connectivity index (χ0n) is 34.9. The third kappa shape index (κ3) is 5.82. The van der Waals surface area contributed by atoms with Gasteiger partial charge in [0, 0.05) is 33.5 Å². The van der Waals surface area contributed by atoms with E-state index in [1.807, 2.05) is 0 Å². The zero-order valence-corrected chi connectivity index (χ0v) is 34.9. The van der Waals surface area contributed by atoms with Gasteiger partial charge >= 0.3 is 0 Å². The van der Waals surface area contributed by atoms with Crippen molar-refractivity contribution in [1.82, 2.24) is 9.88 Å². The van der Waals surface area contributed by atoms with Gasteiger partial charge in [0.15, 0.2) is 0 Å². The van der Waals surface area contributed by atoms with Crippen LogP contribution in [0.15, 0.2) is 204 Å². The van der Waals surface area contributed by atoms with Crippen molar-refractivity contribution >= 4 is 92.5 Å². The summed E-state index contributed by atoms with van der Waals surface area (Å²) in [6.07, 6.45) is 1.52. The van der Waals surface area contributed by atoms with Crippen molar-refractivity contribution in [3.63, 3.8) is 0 Å². The molecule has 1 aliphatic heterocycles. The molecule has 0 bridgehead atoms. The topological polar surface area (TPSA) is 42.5 Å². The molecule has 3 unspecified atom stereocenters. The smallest absolute Gasteiger partial charge is 0.137 e. The van der Waals surface area contributed by atoms with Crippen LogP contribution in [-0.4, -0.2) is 10.3 Å². The normalized spacial score (nSPS) is 17.3. The fraction of sp³-hybridized carbons (Fsp3) is 0.102. The molecule has 1 N–H and O–H groups in total. The van der Waals surface area contributed by atoms with Gasteiger partial charge in [-0.1, -0.05) is 159 Å². The van der Waals surface area contributed by atoms with E-state index in [1.165, 1.54) is 76.0 Å². The van der Waals surface area contributed by atoms with Crippen molar-refractivity contribution in [1.29, 1.82) is 0 Å². The molecular weight excluding hydrogens is 767 g/mol. The average Bonchev–Trinajstić information content (AvgIpc) is 3.87. The number of fused-ring (bicyclic) bond motifs is 11. The van der Waals surface area contributed by atoms with Gasteiger partial charge < -0.3 is 8.98 Å². The van der Waals surface area contributed by atoms with E-state index >= 15 is 0 Å². The first-order chi connectivity index (χ1) is 31.1. The van der Waals surface area contributed by atoms with Gasteiger partial charge in [-0.05, 0) is 115 Å². The minimum absolute atomic E-state index is 0.0367. The molecule has 300 valence electrons. The van der Waals surface area contributed by atoms with Crippen LogP contribution < -0.4 is 5.32 Å². The maximum absolute atomic E-state index is 6.85. The van der Waals surface area contributed by atoms with Crippen molar-refractivity contribution in [2.45, 2.75) is 32.0 Å². The quantitative estimate of drug-likeness (QED) is 0.180. The summed E-state index contributed by atoms with van der Waals surface area (Å²) in [5.74, 6) is 0.258. The molecule has 13 rings (SSSR count). The maximum atomic E-state index is 6.85. The van der Waals surface area contributed by atoms with Gasteiger partial charge in [-0.2, -0.15) is 0 Å². The molecule has 63 heavy (non-hydrogen) atoms. The van der Waals surface area contributed by atoms with E-state index in [0.29, 0.717) is 0 Å². The maximum Gasteiger partial charge on any atom is 0.137 e. The van der Waals surface area contributed by atoms with E-state index in [2.05, 4.69) is 211 Å². The van der Waals surface area contributed by atoms with Gasteiger partial charge in [-0.25, -0.2) is 0 Å².